The number of hydrogen-bond donors (Lipinski definition) is 0. The molecule has 0 spiro atoms. The van der Waals surface area contributed by atoms with Gasteiger partial charge in [-0.1, -0.05) is 30.3 Å². The van der Waals surface area contributed by atoms with Gasteiger partial charge in [0.1, 0.15) is 0 Å². The number of non-ortho nitro benzene ring substituents is 1. The lowest BCUT2D eigenvalue weighted by Gasteiger charge is -2.25. The molecule has 0 bridgehead atoms. The number of nitriles is 1. The van der Waals surface area contributed by atoms with Gasteiger partial charge in [0.2, 0.25) is 5.72 Å². The Bertz CT molecular complexity index is 844. The molecule has 0 saturated carbocycles. The summed E-state index contributed by atoms with van der Waals surface area (Å²) in [5.41, 5.74) is -0.370. The van der Waals surface area contributed by atoms with E-state index in [1.165, 1.54) is 31.2 Å². The highest BCUT2D eigenvalue weighted by Gasteiger charge is 2.34. The van der Waals surface area contributed by atoms with E-state index in [4.69, 9.17) is 10.00 Å². The Morgan fingerprint density at radius 3 is 2.42 bits per heavy atom. The molecule has 0 aliphatic carbocycles. The van der Waals surface area contributed by atoms with Crippen LogP contribution in [0.3, 0.4) is 0 Å². The molecule has 1 unspecified atom stereocenters. The van der Waals surface area contributed by atoms with Crippen molar-refractivity contribution in [2.24, 2.45) is 10.2 Å². The Labute approximate surface area is 149 Å². The molecule has 8 nitrogen and oxygen atoms in total. The fraction of sp³-hybridized carbons (Fsp3) is 0.222. The topological polar surface area (TPSA) is 118 Å². The average molecular weight is 352 g/mol. The lowest BCUT2D eigenvalue weighted by molar-refractivity contribution is -0.384. The number of carbonyl (C=O) groups is 1. The zero-order chi connectivity index (χ0) is 19.0. The van der Waals surface area contributed by atoms with Gasteiger partial charge in [0, 0.05) is 25.5 Å². The smallest absolute Gasteiger partial charge is 0.304 e. The van der Waals surface area contributed by atoms with E-state index in [9.17, 15) is 14.9 Å². The molecule has 26 heavy (non-hydrogen) atoms. The molecule has 0 N–H and O–H groups in total. The molecule has 132 valence electrons. The summed E-state index contributed by atoms with van der Waals surface area (Å²) in [4.78, 5) is 21.7. The van der Waals surface area contributed by atoms with Crippen LogP contribution in [0.4, 0.5) is 11.4 Å². The summed E-state index contributed by atoms with van der Waals surface area (Å²) in [5.74, 6) is -0.584. The van der Waals surface area contributed by atoms with Crippen LogP contribution in [0.1, 0.15) is 18.9 Å². The van der Waals surface area contributed by atoms with Crippen LogP contribution in [-0.2, 0) is 16.0 Å². The Balaban J connectivity index is 2.33. The summed E-state index contributed by atoms with van der Waals surface area (Å²) in [7, 11) is 0. The van der Waals surface area contributed by atoms with E-state index < -0.39 is 16.6 Å². The van der Waals surface area contributed by atoms with Crippen molar-refractivity contribution in [3.05, 3.63) is 70.3 Å². The average Bonchev–Trinajstić information content (AvgIpc) is 2.61. The van der Waals surface area contributed by atoms with E-state index in [1.54, 1.807) is 0 Å². The van der Waals surface area contributed by atoms with Crippen molar-refractivity contribution in [3.63, 3.8) is 0 Å². The van der Waals surface area contributed by atoms with Crippen molar-refractivity contribution in [1.82, 2.24) is 0 Å². The monoisotopic (exact) mass is 352 g/mol. The van der Waals surface area contributed by atoms with Crippen LogP contribution in [0.2, 0.25) is 0 Å². The molecule has 0 aliphatic rings. The predicted octanol–water partition coefficient (Wildman–Crippen LogP) is 4.09. The molecule has 2 aromatic rings. The number of esters is 1. The largest absolute Gasteiger partial charge is 0.434 e. The molecule has 0 heterocycles. The van der Waals surface area contributed by atoms with Crippen molar-refractivity contribution in [2.75, 3.05) is 0 Å². The standard InChI is InChI=1S/C18H16N4O4/c1-14(23)26-18(11-12-19,13-15-5-3-2-4-6-15)21-20-16-7-9-17(10-8-16)22(24)25/h2-10H,11,13H2,1H3. The first-order valence-corrected chi connectivity index (χ1v) is 7.72. The minimum absolute atomic E-state index is 0.0727. The minimum Gasteiger partial charge on any atom is -0.434 e. The van der Waals surface area contributed by atoms with E-state index in [1.807, 2.05) is 36.4 Å². The Kier molecular flexibility index (Phi) is 6.11. The molecule has 2 aromatic carbocycles. The van der Waals surface area contributed by atoms with E-state index in [0.29, 0.717) is 5.69 Å². The van der Waals surface area contributed by atoms with Crippen LogP contribution < -0.4 is 0 Å². The first kappa shape index (κ1) is 18.7. The lowest BCUT2D eigenvalue weighted by Crippen LogP contribution is -2.34. The highest BCUT2D eigenvalue weighted by Crippen LogP contribution is 2.27. The van der Waals surface area contributed by atoms with Gasteiger partial charge in [-0.05, 0) is 17.7 Å². The van der Waals surface area contributed by atoms with Gasteiger partial charge in [-0.3, -0.25) is 14.9 Å². The first-order chi connectivity index (χ1) is 12.4. The van der Waals surface area contributed by atoms with E-state index in [0.717, 1.165) is 5.56 Å². The van der Waals surface area contributed by atoms with E-state index in [2.05, 4.69) is 10.2 Å². The van der Waals surface area contributed by atoms with E-state index in [-0.39, 0.29) is 18.5 Å². The molecule has 2 rings (SSSR count). The summed E-state index contributed by atoms with van der Waals surface area (Å²) in [6, 6.07) is 16.6. The third kappa shape index (κ3) is 5.21. The molecule has 1 atom stereocenters. The SMILES string of the molecule is CC(=O)OC(CC#N)(Cc1ccccc1)N=Nc1ccc([N+](=O)[O-])cc1. The summed E-state index contributed by atoms with van der Waals surface area (Å²) in [6.07, 6.45) is -0.00455. The Morgan fingerprint density at radius 2 is 1.88 bits per heavy atom. The zero-order valence-corrected chi connectivity index (χ0v) is 14.0. The number of nitro groups is 1. The highest BCUT2D eigenvalue weighted by molar-refractivity contribution is 5.66. The van der Waals surface area contributed by atoms with Crippen LogP contribution in [0.25, 0.3) is 0 Å². The molecular weight excluding hydrogens is 336 g/mol. The van der Waals surface area contributed by atoms with Crippen molar-refractivity contribution >= 4 is 17.3 Å². The van der Waals surface area contributed by atoms with Crippen molar-refractivity contribution in [3.8, 4) is 6.07 Å². The van der Waals surface area contributed by atoms with Gasteiger partial charge in [0.05, 0.1) is 23.1 Å². The number of benzene rings is 2. The molecule has 0 amide bonds. The minimum atomic E-state index is -1.47. The molecule has 0 radical (unpaired) electrons. The number of hydrogen-bond acceptors (Lipinski definition) is 7. The Hall–Kier alpha value is -3.60. The van der Waals surface area contributed by atoms with Crippen LogP contribution in [0.15, 0.2) is 64.8 Å². The van der Waals surface area contributed by atoms with Crippen molar-refractivity contribution in [2.45, 2.75) is 25.5 Å². The molecule has 0 saturated heterocycles. The molecular formula is C18H16N4O4. The van der Waals surface area contributed by atoms with Gasteiger partial charge >= 0.3 is 5.97 Å². The zero-order valence-electron chi connectivity index (χ0n) is 14.0. The van der Waals surface area contributed by atoms with Crippen LogP contribution in [-0.4, -0.2) is 16.6 Å². The maximum absolute atomic E-state index is 11.5. The fourth-order valence-corrected chi connectivity index (χ4v) is 2.32. The maximum atomic E-state index is 11.5. The van der Waals surface area contributed by atoms with Gasteiger partial charge < -0.3 is 4.74 Å². The summed E-state index contributed by atoms with van der Waals surface area (Å²) in [6.45, 7) is 1.23. The highest BCUT2D eigenvalue weighted by atomic mass is 16.6. The second kappa shape index (κ2) is 8.48. The molecule has 0 aromatic heterocycles. The van der Waals surface area contributed by atoms with Crippen LogP contribution in [0, 0.1) is 21.4 Å². The van der Waals surface area contributed by atoms with Gasteiger partial charge in [0.25, 0.3) is 5.69 Å². The molecule has 0 aliphatic heterocycles. The number of rotatable bonds is 7. The van der Waals surface area contributed by atoms with Crippen molar-refractivity contribution in [1.29, 1.82) is 5.26 Å². The predicted molar refractivity (Wildman–Crippen MR) is 92.5 cm³/mol. The molecule has 8 heteroatoms. The summed E-state index contributed by atoms with van der Waals surface area (Å²) in [5, 5.41) is 28.0. The number of carbonyl (C=O) groups excluding carboxylic acids is 1. The number of ether oxygens (including phenoxy) is 1. The third-order valence-electron chi connectivity index (χ3n) is 3.42. The maximum Gasteiger partial charge on any atom is 0.304 e. The van der Waals surface area contributed by atoms with Gasteiger partial charge in [0.15, 0.2) is 0 Å². The van der Waals surface area contributed by atoms with Gasteiger partial charge in [-0.15, -0.1) is 5.11 Å². The summed E-state index contributed by atoms with van der Waals surface area (Å²) < 4.78 is 5.34. The number of nitrogens with zero attached hydrogens (tertiary/aromatic N) is 4. The fourth-order valence-electron chi connectivity index (χ4n) is 2.32. The van der Waals surface area contributed by atoms with Crippen LogP contribution >= 0.6 is 0 Å². The molecule has 0 fully saturated rings. The number of nitro benzene ring substituents is 1. The van der Waals surface area contributed by atoms with E-state index >= 15 is 0 Å². The van der Waals surface area contributed by atoms with Crippen molar-refractivity contribution < 1.29 is 14.5 Å². The second-order valence-electron chi connectivity index (χ2n) is 5.51. The quantitative estimate of drug-likeness (QED) is 0.322. The first-order valence-electron chi connectivity index (χ1n) is 7.72. The Morgan fingerprint density at radius 1 is 1.23 bits per heavy atom. The van der Waals surface area contributed by atoms with Gasteiger partial charge in [-0.2, -0.15) is 10.4 Å². The number of azo groups is 1. The second-order valence-corrected chi connectivity index (χ2v) is 5.51. The van der Waals surface area contributed by atoms with Gasteiger partial charge in [-0.25, -0.2) is 0 Å². The van der Waals surface area contributed by atoms with Crippen LogP contribution in [0.5, 0.6) is 0 Å². The normalized spacial score (nSPS) is 12.9. The lowest BCUT2D eigenvalue weighted by atomic mass is 10.0. The third-order valence-corrected chi connectivity index (χ3v) is 3.42. The summed E-state index contributed by atoms with van der Waals surface area (Å²) >= 11 is 0.